The molecule has 0 atom stereocenters. The van der Waals surface area contributed by atoms with Crippen molar-refractivity contribution in [2.75, 3.05) is 25.1 Å². The lowest BCUT2D eigenvalue weighted by atomic mass is 9.97. The molecule has 1 aromatic heterocycles. The molecule has 0 saturated carbocycles. The molecule has 0 radical (unpaired) electrons. The minimum Gasteiger partial charge on any atom is -0.469 e. The van der Waals surface area contributed by atoms with Crippen molar-refractivity contribution >= 4 is 38.4 Å². The lowest BCUT2D eigenvalue weighted by Gasteiger charge is -2.38. The number of nitrogens with zero attached hydrogens (tertiary/aromatic N) is 2. The maximum atomic E-state index is 11.0. The molecule has 1 fully saturated rings. The van der Waals surface area contributed by atoms with Gasteiger partial charge < -0.3 is 9.64 Å². The number of anilines is 1. The lowest BCUT2D eigenvalue weighted by Crippen LogP contribution is -2.47. The first-order valence-electron chi connectivity index (χ1n) is 4.62. The molecule has 0 unspecified atom stereocenters. The van der Waals surface area contributed by atoms with Crippen molar-refractivity contribution in [3.63, 3.8) is 0 Å². The highest BCUT2D eigenvalue weighted by molar-refractivity contribution is 9.10. The molecule has 1 aliphatic heterocycles. The summed E-state index contributed by atoms with van der Waals surface area (Å²) in [5.74, 6) is 0.292. The van der Waals surface area contributed by atoms with Crippen molar-refractivity contribution in [2.24, 2.45) is 5.92 Å². The molecule has 0 bridgehead atoms. The minimum atomic E-state index is -0.125. The normalized spacial score (nSPS) is 16.3. The number of aromatic nitrogens is 1. The summed E-state index contributed by atoms with van der Waals surface area (Å²) in [7, 11) is 1.43. The average Bonchev–Trinajstić information content (AvgIpc) is 2.57. The minimum absolute atomic E-state index is 0.125. The summed E-state index contributed by atoms with van der Waals surface area (Å²) in [4.78, 5) is 17.5. The van der Waals surface area contributed by atoms with Crippen LogP contribution in [0.3, 0.4) is 0 Å². The zero-order valence-corrected chi connectivity index (χ0v) is 10.7. The Kier molecular flexibility index (Phi) is 3.25. The van der Waals surface area contributed by atoms with E-state index in [1.807, 2.05) is 5.38 Å². The molecule has 1 aromatic rings. The Hall–Kier alpha value is -0.620. The summed E-state index contributed by atoms with van der Waals surface area (Å²) in [6, 6.07) is 0. The van der Waals surface area contributed by atoms with Crippen molar-refractivity contribution in [3.8, 4) is 0 Å². The molecule has 2 rings (SSSR count). The first-order valence-corrected chi connectivity index (χ1v) is 6.29. The largest absolute Gasteiger partial charge is 0.469 e. The molecule has 1 aliphatic rings. The highest BCUT2D eigenvalue weighted by Gasteiger charge is 2.30. The van der Waals surface area contributed by atoms with Crippen molar-refractivity contribution in [2.45, 2.75) is 6.42 Å². The molecule has 0 aliphatic carbocycles. The lowest BCUT2D eigenvalue weighted by molar-refractivity contribution is -0.141. The number of methoxy groups -OCH3 is 1. The van der Waals surface area contributed by atoms with Crippen molar-refractivity contribution in [1.82, 2.24) is 4.98 Å². The number of halogens is 1. The Labute approximate surface area is 100 Å². The third kappa shape index (κ3) is 2.49. The van der Waals surface area contributed by atoms with E-state index in [0.717, 1.165) is 22.8 Å². The Balaban J connectivity index is 1.81. The fourth-order valence-corrected chi connectivity index (χ4v) is 2.84. The highest BCUT2D eigenvalue weighted by Crippen LogP contribution is 2.30. The van der Waals surface area contributed by atoms with E-state index >= 15 is 0 Å². The number of carbonyl (C=O) groups is 1. The zero-order chi connectivity index (χ0) is 10.8. The van der Waals surface area contributed by atoms with Gasteiger partial charge in [-0.05, 0) is 15.9 Å². The van der Waals surface area contributed by atoms with E-state index in [9.17, 15) is 4.79 Å². The fraction of sp³-hybridized carbons (Fsp3) is 0.556. The molecular weight excluding hydrogens is 280 g/mol. The third-order valence-corrected chi connectivity index (χ3v) is 3.99. The maximum Gasteiger partial charge on any atom is 0.305 e. The van der Waals surface area contributed by atoms with Crippen LogP contribution in [0.1, 0.15) is 6.42 Å². The average molecular weight is 291 g/mol. The van der Waals surface area contributed by atoms with Gasteiger partial charge in [0.25, 0.3) is 0 Å². The Morgan fingerprint density at radius 2 is 2.53 bits per heavy atom. The maximum absolute atomic E-state index is 11.0. The van der Waals surface area contributed by atoms with Crippen LogP contribution in [0.25, 0.3) is 0 Å². The van der Waals surface area contributed by atoms with E-state index in [1.165, 1.54) is 7.11 Å². The first-order chi connectivity index (χ1) is 7.19. The van der Waals surface area contributed by atoms with Gasteiger partial charge in [0.2, 0.25) is 0 Å². The highest BCUT2D eigenvalue weighted by atomic mass is 79.9. The van der Waals surface area contributed by atoms with Gasteiger partial charge in [0, 0.05) is 24.4 Å². The smallest absolute Gasteiger partial charge is 0.305 e. The van der Waals surface area contributed by atoms with Gasteiger partial charge in [0.1, 0.15) is 4.60 Å². The van der Waals surface area contributed by atoms with Crippen LogP contribution in [0.2, 0.25) is 0 Å². The number of rotatable bonds is 3. The number of esters is 1. The molecule has 82 valence electrons. The van der Waals surface area contributed by atoms with E-state index in [1.54, 1.807) is 11.3 Å². The van der Waals surface area contributed by atoms with Crippen LogP contribution in [-0.4, -0.2) is 31.2 Å². The molecule has 0 amide bonds. The second-order valence-corrected chi connectivity index (χ2v) is 5.15. The van der Waals surface area contributed by atoms with Crippen molar-refractivity contribution in [3.05, 3.63) is 9.98 Å². The molecule has 1 saturated heterocycles. The van der Waals surface area contributed by atoms with Gasteiger partial charge >= 0.3 is 5.97 Å². The Morgan fingerprint density at radius 1 is 1.80 bits per heavy atom. The van der Waals surface area contributed by atoms with E-state index < -0.39 is 0 Å². The van der Waals surface area contributed by atoms with E-state index in [2.05, 4.69) is 30.6 Å². The van der Waals surface area contributed by atoms with Crippen LogP contribution in [0.15, 0.2) is 9.98 Å². The Bertz CT molecular complexity index is 363. The molecule has 4 nitrogen and oxygen atoms in total. The first kappa shape index (κ1) is 10.9. The molecule has 2 heterocycles. The predicted octanol–water partition coefficient (Wildman–Crippen LogP) is 1.90. The fourth-order valence-electron chi connectivity index (χ4n) is 1.56. The van der Waals surface area contributed by atoms with Gasteiger partial charge in [-0.1, -0.05) is 0 Å². The molecular formula is C9H11BrN2O2S. The Morgan fingerprint density at radius 3 is 3.07 bits per heavy atom. The van der Waals surface area contributed by atoms with Gasteiger partial charge in [-0.3, -0.25) is 4.79 Å². The van der Waals surface area contributed by atoms with Gasteiger partial charge in [-0.25, -0.2) is 4.98 Å². The summed E-state index contributed by atoms with van der Waals surface area (Å²) in [5, 5.41) is 2.98. The van der Waals surface area contributed by atoms with Crippen LogP contribution < -0.4 is 4.90 Å². The summed E-state index contributed by atoms with van der Waals surface area (Å²) in [6.07, 6.45) is 0.513. The molecule has 0 N–H and O–H groups in total. The number of hydrogen-bond donors (Lipinski definition) is 0. The molecule has 6 heteroatoms. The number of hydrogen-bond acceptors (Lipinski definition) is 5. The summed E-state index contributed by atoms with van der Waals surface area (Å²) in [5.41, 5.74) is 0. The predicted molar refractivity (Wildman–Crippen MR) is 62.2 cm³/mol. The van der Waals surface area contributed by atoms with Gasteiger partial charge in [0.05, 0.1) is 13.5 Å². The molecule has 15 heavy (non-hydrogen) atoms. The van der Waals surface area contributed by atoms with E-state index in [-0.39, 0.29) is 5.97 Å². The van der Waals surface area contributed by atoms with Crippen LogP contribution in [0.4, 0.5) is 5.13 Å². The second-order valence-electron chi connectivity index (χ2n) is 3.50. The van der Waals surface area contributed by atoms with Gasteiger partial charge in [0.15, 0.2) is 5.13 Å². The summed E-state index contributed by atoms with van der Waals surface area (Å²) < 4.78 is 5.50. The SMILES string of the molecule is COC(=O)CC1CN(c2nc(Br)cs2)C1. The van der Waals surface area contributed by atoms with Gasteiger partial charge in [-0.15, -0.1) is 11.3 Å². The van der Waals surface area contributed by atoms with E-state index in [4.69, 9.17) is 0 Å². The number of carbonyl (C=O) groups excluding carboxylic acids is 1. The summed E-state index contributed by atoms with van der Waals surface area (Å²) >= 11 is 4.93. The summed E-state index contributed by atoms with van der Waals surface area (Å²) in [6.45, 7) is 1.80. The third-order valence-electron chi connectivity index (χ3n) is 2.37. The van der Waals surface area contributed by atoms with Gasteiger partial charge in [-0.2, -0.15) is 0 Å². The zero-order valence-electron chi connectivity index (χ0n) is 8.27. The van der Waals surface area contributed by atoms with Crippen molar-refractivity contribution in [1.29, 1.82) is 0 Å². The van der Waals surface area contributed by atoms with Crippen LogP contribution in [0.5, 0.6) is 0 Å². The quantitative estimate of drug-likeness (QED) is 0.798. The van der Waals surface area contributed by atoms with Crippen molar-refractivity contribution < 1.29 is 9.53 Å². The molecule has 0 aromatic carbocycles. The van der Waals surface area contributed by atoms with Crippen LogP contribution >= 0.6 is 27.3 Å². The van der Waals surface area contributed by atoms with Crippen LogP contribution in [0, 0.1) is 5.92 Å². The van der Waals surface area contributed by atoms with E-state index in [0.29, 0.717) is 12.3 Å². The number of thiazole rings is 1. The monoisotopic (exact) mass is 290 g/mol. The standard InChI is InChI=1S/C9H11BrN2O2S/c1-14-8(13)2-6-3-12(4-6)9-11-7(10)5-15-9/h5-6H,2-4H2,1H3. The number of ether oxygens (including phenoxy) is 1. The second kappa shape index (κ2) is 4.49. The topological polar surface area (TPSA) is 42.4 Å². The molecule has 0 spiro atoms. The van der Waals surface area contributed by atoms with Crippen LogP contribution in [-0.2, 0) is 9.53 Å².